The summed E-state index contributed by atoms with van der Waals surface area (Å²) in [7, 11) is 0. The molecular formula is C12H10BrN3O3S. The van der Waals surface area contributed by atoms with Gasteiger partial charge in [0.15, 0.2) is 5.13 Å². The molecule has 0 unspecified atom stereocenters. The predicted octanol–water partition coefficient (Wildman–Crippen LogP) is 2.75. The van der Waals surface area contributed by atoms with Crippen molar-refractivity contribution in [1.82, 2.24) is 4.98 Å². The molecule has 0 bridgehead atoms. The lowest BCUT2D eigenvalue weighted by Crippen LogP contribution is -2.12. The third-order valence-electron chi connectivity index (χ3n) is 2.48. The number of carbonyl (C=O) groups is 2. The number of hydrogen-bond donors (Lipinski definition) is 3. The van der Waals surface area contributed by atoms with Gasteiger partial charge in [-0.1, -0.05) is 11.3 Å². The van der Waals surface area contributed by atoms with Crippen LogP contribution in [0.25, 0.3) is 0 Å². The van der Waals surface area contributed by atoms with Crippen LogP contribution in [0.5, 0.6) is 0 Å². The SMILES string of the molecule is Cc1nc(N)sc1C(=O)Nc1ccc(C(=O)O)cc1Br. The van der Waals surface area contributed by atoms with Gasteiger partial charge < -0.3 is 16.2 Å². The quantitative estimate of drug-likeness (QED) is 0.784. The molecule has 1 amide bonds. The van der Waals surface area contributed by atoms with E-state index in [-0.39, 0.29) is 11.5 Å². The fourth-order valence-corrected chi connectivity index (χ4v) is 2.76. The molecule has 6 nitrogen and oxygen atoms in total. The number of nitrogen functional groups attached to an aromatic ring is 1. The molecule has 0 radical (unpaired) electrons. The van der Waals surface area contributed by atoms with Gasteiger partial charge in [-0.15, -0.1) is 0 Å². The summed E-state index contributed by atoms with van der Waals surface area (Å²) in [5.41, 5.74) is 6.72. The van der Waals surface area contributed by atoms with Crippen molar-refractivity contribution in [2.24, 2.45) is 0 Å². The van der Waals surface area contributed by atoms with Crippen molar-refractivity contribution in [2.75, 3.05) is 11.1 Å². The lowest BCUT2D eigenvalue weighted by Gasteiger charge is -2.07. The highest BCUT2D eigenvalue weighted by Crippen LogP contribution is 2.26. The first-order valence-corrected chi connectivity index (χ1v) is 7.06. The predicted molar refractivity (Wildman–Crippen MR) is 80.3 cm³/mol. The number of benzene rings is 1. The number of hydrogen-bond acceptors (Lipinski definition) is 5. The van der Waals surface area contributed by atoms with Crippen molar-refractivity contribution in [3.05, 3.63) is 38.8 Å². The number of carboxylic acid groups (broad SMARTS) is 1. The fraction of sp³-hybridized carbons (Fsp3) is 0.0833. The number of nitrogens with zero attached hydrogens (tertiary/aromatic N) is 1. The maximum Gasteiger partial charge on any atom is 0.335 e. The molecule has 2 rings (SSSR count). The molecule has 20 heavy (non-hydrogen) atoms. The van der Waals surface area contributed by atoms with Gasteiger partial charge in [0.1, 0.15) is 4.88 Å². The number of nitrogens with one attached hydrogen (secondary N) is 1. The Hall–Kier alpha value is -1.93. The number of aromatic nitrogens is 1. The monoisotopic (exact) mass is 355 g/mol. The molecule has 1 aromatic heterocycles. The minimum atomic E-state index is -1.03. The number of rotatable bonds is 3. The fourth-order valence-electron chi connectivity index (χ4n) is 1.56. The second-order valence-corrected chi connectivity index (χ2v) is 5.81. The van der Waals surface area contributed by atoms with Gasteiger partial charge in [0.05, 0.1) is 16.9 Å². The van der Waals surface area contributed by atoms with Crippen molar-refractivity contribution >= 4 is 50.0 Å². The Morgan fingerprint density at radius 1 is 1.45 bits per heavy atom. The Morgan fingerprint density at radius 3 is 2.65 bits per heavy atom. The van der Waals surface area contributed by atoms with Crippen LogP contribution in [-0.4, -0.2) is 22.0 Å². The average Bonchev–Trinajstić information content (AvgIpc) is 2.70. The third kappa shape index (κ3) is 2.97. The molecule has 1 aromatic carbocycles. The van der Waals surface area contributed by atoms with Crippen molar-refractivity contribution in [3.63, 3.8) is 0 Å². The van der Waals surface area contributed by atoms with E-state index in [1.807, 2.05) is 0 Å². The van der Waals surface area contributed by atoms with Crippen molar-refractivity contribution in [2.45, 2.75) is 6.92 Å². The summed E-state index contributed by atoms with van der Waals surface area (Å²) in [4.78, 5) is 27.3. The number of amides is 1. The molecule has 8 heteroatoms. The Labute approximate surface area is 126 Å². The number of halogens is 1. The van der Waals surface area contributed by atoms with Gasteiger partial charge in [-0.05, 0) is 41.1 Å². The van der Waals surface area contributed by atoms with E-state index in [0.717, 1.165) is 11.3 Å². The second kappa shape index (κ2) is 5.59. The van der Waals surface area contributed by atoms with Crippen LogP contribution < -0.4 is 11.1 Å². The smallest absolute Gasteiger partial charge is 0.335 e. The van der Waals surface area contributed by atoms with E-state index < -0.39 is 5.97 Å². The van der Waals surface area contributed by atoms with E-state index in [0.29, 0.717) is 25.9 Å². The van der Waals surface area contributed by atoms with E-state index in [2.05, 4.69) is 26.2 Å². The van der Waals surface area contributed by atoms with Crippen LogP contribution in [0.1, 0.15) is 25.7 Å². The Bertz CT molecular complexity index is 699. The molecule has 4 N–H and O–H groups in total. The highest BCUT2D eigenvalue weighted by Gasteiger charge is 2.16. The van der Waals surface area contributed by atoms with Gasteiger partial charge in [0, 0.05) is 4.47 Å². The van der Waals surface area contributed by atoms with Crippen LogP contribution in [-0.2, 0) is 0 Å². The molecule has 0 aliphatic heterocycles. The van der Waals surface area contributed by atoms with Crippen LogP contribution in [0.15, 0.2) is 22.7 Å². The number of aryl methyl sites for hydroxylation is 1. The maximum absolute atomic E-state index is 12.1. The highest BCUT2D eigenvalue weighted by atomic mass is 79.9. The first-order valence-electron chi connectivity index (χ1n) is 5.45. The summed E-state index contributed by atoms with van der Waals surface area (Å²) >= 11 is 4.33. The average molecular weight is 356 g/mol. The molecule has 2 aromatic rings. The standard InChI is InChI=1S/C12H10BrN3O3S/c1-5-9(20-12(14)15-5)10(17)16-8-3-2-6(11(18)19)4-7(8)13/h2-4H,1H3,(H2,14,15)(H,16,17)(H,18,19). The summed E-state index contributed by atoms with van der Waals surface area (Å²) in [5.74, 6) is -1.37. The van der Waals surface area contributed by atoms with Gasteiger partial charge in [-0.25, -0.2) is 9.78 Å². The van der Waals surface area contributed by atoms with Gasteiger partial charge >= 0.3 is 5.97 Å². The van der Waals surface area contributed by atoms with Gasteiger partial charge in [-0.3, -0.25) is 4.79 Å². The zero-order chi connectivity index (χ0) is 14.9. The summed E-state index contributed by atoms with van der Waals surface area (Å²) in [6.45, 7) is 1.70. The lowest BCUT2D eigenvalue weighted by atomic mass is 10.2. The first kappa shape index (κ1) is 14.5. The van der Waals surface area contributed by atoms with Gasteiger partial charge in [0.25, 0.3) is 5.91 Å². The number of anilines is 2. The molecule has 0 aliphatic rings. The van der Waals surface area contributed by atoms with Crippen molar-refractivity contribution in [3.8, 4) is 0 Å². The molecular weight excluding hydrogens is 346 g/mol. The maximum atomic E-state index is 12.1. The molecule has 0 atom stereocenters. The summed E-state index contributed by atoms with van der Waals surface area (Å²) in [6.07, 6.45) is 0. The summed E-state index contributed by atoms with van der Waals surface area (Å²) in [5, 5.41) is 11.9. The molecule has 104 valence electrons. The van der Waals surface area contributed by atoms with Crippen molar-refractivity contribution < 1.29 is 14.7 Å². The lowest BCUT2D eigenvalue weighted by molar-refractivity contribution is 0.0696. The number of carboxylic acids is 1. The summed E-state index contributed by atoms with van der Waals surface area (Å²) in [6, 6.07) is 4.35. The summed E-state index contributed by atoms with van der Waals surface area (Å²) < 4.78 is 0.487. The molecule has 0 spiro atoms. The Kier molecular flexibility index (Phi) is 4.05. The molecule has 1 heterocycles. The third-order valence-corrected chi connectivity index (χ3v) is 4.13. The highest BCUT2D eigenvalue weighted by molar-refractivity contribution is 9.10. The van der Waals surface area contributed by atoms with E-state index >= 15 is 0 Å². The normalized spacial score (nSPS) is 10.3. The zero-order valence-corrected chi connectivity index (χ0v) is 12.7. The molecule has 0 saturated carbocycles. The van der Waals surface area contributed by atoms with E-state index in [1.165, 1.54) is 18.2 Å². The number of carbonyl (C=O) groups excluding carboxylic acids is 1. The minimum Gasteiger partial charge on any atom is -0.478 e. The van der Waals surface area contributed by atoms with Crippen LogP contribution in [0.3, 0.4) is 0 Å². The number of aromatic carboxylic acids is 1. The Morgan fingerprint density at radius 2 is 2.15 bits per heavy atom. The topological polar surface area (TPSA) is 105 Å². The van der Waals surface area contributed by atoms with E-state index in [1.54, 1.807) is 6.92 Å². The number of nitrogens with two attached hydrogens (primary N) is 1. The molecule has 0 aliphatic carbocycles. The number of thiazole rings is 1. The van der Waals surface area contributed by atoms with Crippen LogP contribution in [0, 0.1) is 6.92 Å². The largest absolute Gasteiger partial charge is 0.478 e. The minimum absolute atomic E-state index is 0.132. The molecule has 0 fully saturated rings. The van der Waals surface area contributed by atoms with Crippen LogP contribution in [0.4, 0.5) is 10.8 Å². The zero-order valence-electron chi connectivity index (χ0n) is 10.3. The van der Waals surface area contributed by atoms with Crippen LogP contribution >= 0.6 is 27.3 Å². The second-order valence-electron chi connectivity index (χ2n) is 3.92. The van der Waals surface area contributed by atoms with E-state index in [9.17, 15) is 9.59 Å². The van der Waals surface area contributed by atoms with E-state index in [4.69, 9.17) is 10.8 Å². The van der Waals surface area contributed by atoms with Gasteiger partial charge in [0.2, 0.25) is 0 Å². The van der Waals surface area contributed by atoms with Crippen molar-refractivity contribution in [1.29, 1.82) is 0 Å². The van der Waals surface area contributed by atoms with Crippen LogP contribution in [0.2, 0.25) is 0 Å². The van der Waals surface area contributed by atoms with Gasteiger partial charge in [-0.2, -0.15) is 0 Å². The Balaban J connectivity index is 2.24. The first-order chi connectivity index (χ1) is 9.38. The molecule has 0 saturated heterocycles.